The Morgan fingerprint density at radius 2 is 1.83 bits per heavy atom. The summed E-state index contributed by atoms with van der Waals surface area (Å²) in [7, 11) is 1.79. The molecule has 1 aliphatic heterocycles. The lowest BCUT2D eigenvalue weighted by Gasteiger charge is -2.18. The third-order valence-corrected chi connectivity index (χ3v) is 4.07. The van der Waals surface area contributed by atoms with E-state index in [1.165, 1.54) is 6.07 Å². The van der Waals surface area contributed by atoms with Gasteiger partial charge in [-0.05, 0) is 19.1 Å². The molecule has 134 valence electrons. The summed E-state index contributed by atoms with van der Waals surface area (Å²) < 4.78 is 37.3. The topological polar surface area (TPSA) is 32.7 Å². The summed E-state index contributed by atoms with van der Waals surface area (Å²) in [5, 5.41) is 0.646. The fraction of sp³-hybridized carbons (Fsp3) is 0.500. The maximum atomic E-state index is 12.4. The fourth-order valence-electron chi connectivity index (χ4n) is 1.92. The lowest BCUT2D eigenvalue weighted by molar-refractivity contribution is -0.121. The molecule has 3 nitrogen and oxygen atoms in total. The molecule has 0 atom stereocenters. The molecule has 0 spiro atoms. The first-order chi connectivity index (χ1) is 11.0. The summed E-state index contributed by atoms with van der Waals surface area (Å²) in [5.41, 5.74) is 1.22. The average Bonchev–Trinajstić information content (AvgIpc) is 2.59. The van der Waals surface area contributed by atoms with E-state index in [4.69, 9.17) is 23.2 Å². The quantitative estimate of drug-likeness (QED) is 0.642. The minimum absolute atomic E-state index is 0.108. The number of fused-ring (bicyclic) bond motifs is 1. The number of carbonyl (C=O) groups is 1. The van der Waals surface area contributed by atoms with E-state index in [0.717, 1.165) is 0 Å². The number of halogens is 5. The van der Waals surface area contributed by atoms with Gasteiger partial charge in [-0.25, -0.2) is 0 Å². The van der Waals surface area contributed by atoms with Crippen LogP contribution in [0.5, 0.6) is 0 Å². The van der Waals surface area contributed by atoms with E-state index in [9.17, 15) is 18.0 Å². The number of ketones is 1. The van der Waals surface area contributed by atoms with Crippen LogP contribution in [0.4, 0.5) is 24.5 Å². The lowest BCUT2D eigenvalue weighted by atomic mass is 10.2. The Morgan fingerprint density at radius 3 is 2.33 bits per heavy atom. The third kappa shape index (κ3) is 6.69. The zero-order valence-electron chi connectivity index (χ0n) is 13.7. The van der Waals surface area contributed by atoms with Gasteiger partial charge in [0.05, 0.1) is 27.8 Å². The van der Waals surface area contributed by atoms with E-state index in [1.807, 2.05) is 11.8 Å². The Labute approximate surface area is 149 Å². The molecule has 2 rings (SSSR count). The van der Waals surface area contributed by atoms with E-state index in [2.05, 4.69) is 4.99 Å². The number of rotatable bonds is 2. The Morgan fingerprint density at radius 1 is 1.29 bits per heavy atom. The van der Waals surface area contributed by atoms with Gasteiger partial charge in [0.15, 0.2) is 0 Å². The maximum absolute atomic E-state index is 12.4. The van der Waals surface area contributed by atoms with Gasteiger partial charge < -0.3 is 9.69 Å². The van der Waals surface area contributed by atoms with Gasteiger partial charge in [-0.1, -0.05) is 30.1 Å². The molecular weight excluding hydrogens is 364 g/mol. The van der Waals surface area contributed by atoms with Gasteiger partial charge >= 0.3 is 6.18 Å². The number of carbonyl (C=O) groups excluding carboxylic acids is 1. The highest BCUT2D eigenvalue weighted by Crippen LogP contribution is 2.38. The Hall–Kier alpha value is -1.27. The normalized spacial score (nSPS) is 14.2. The molecule has 0 unspecified atom stereocenters. The van der Waals surface area contributed by atoms with E-state index < -0.39 is 12.6 Å². The van der Waals surface area contributed by atoms with Gasteiger partial charge in [-0.2, -0.15) is 13.2 Å². The average molecular weight is 383 g/mol. The van der Waals surface area contributed by atoms with Gasteiger partial charge in [0.1, 0.15) is 5.78 Å². The van der Waals surface area contributed by atoms with Crippen LogP contribution in [0.3, 0.4) is 0 Å². The van der Waals surface area contributed by atoms with Crippen LogP contribution in [0, 0.1) is 0 Å². The number of benzene rings is 1. The second-order valence-corrected chi connectivity index (χ2v) is 6.27. The molecule has 0 radical (unpaired) electrons. The number of hydrogen-bond acceptors (Lipinski definition) is 3. The first kappa shape index (κ1) is 20.8. The van der Waals surface area contributed by atoms with Crippen molar-refractivity contribution in [3.8, 4) is 0 Å². The van der Waals surface area contributed by atoms with Crippen molar-refractivity contribution in [2.75, 3.05) is 18.5 Å². The van der Waals surface area contributed by atoms with Crippen LogP contribution < -0.4 is 4.90 Å². The fourth-order valence-corrected chi connectivity index (χ4v) is 2.24. The summed E-state index contributed by atoms with van der Waals surface area (Å²) in [6.45, 7) is 3.89. The molecule has 0 aromatic heterocycles. The van der Waals surface area contributed by atoms with Crippen molar-refractivity contribution in [1.29, 1.82) is 0 Å². The maximum Gasteiger partial charge on any atom is 0.394 e. The molecule has 8 heteroatoms. The molecular formula is C16H19Cl2F3N2O. The van der Waals surface area contributed by atoms with Crippen molar-refractivity contribution in [3.63, 3.8) is 0 Å². The Balaban J connectivity index is 0.000000505. The Bertz CT molecular complexity index is 630. The SMILES string of the molecule is CCC(C)=O.CN1CCC(CC(F)(F)F)=Nc2cc(Cl)c(Cl)cc21. The zero-order chi connectivity index (χ0) is 18.5. The third-order valence-electron chi connectivity index (χ3n) is 3.35. The minimum atomic E-state index is -4.25. The molecule has 24 heavy (non-hydrogen) atoms. The smallest absolute Gasteiger partial charge is 0.372 e. The number of anilines is 1. The lowest BCUT2D eigenvalue weighted by Crippen LogP contribution is -2.21. The number of Topliss-reactive ketones (excluding diaryl/α,β-unsaturated/α-hetero) is 1. The molecule has 1 aromatic carbocycles. The molecule has 0 saturated carbocycles. The van der Waals surface area contributed by atoms with E-state index in [0.29, 0.717) is 29.4 Å². The minimum Gasteiger partial charge on any atom is -0.372 e. The van der Waals surface area contributed by atoms with Crippen molar-refractivity contribution in [3.05, 3.63) is 22.2 Å². The molecule has 0 amide bonds. The number of hydrogen-bond donors (Lipinski definition) is 0. The molecule has 1 heterocycles. The highest BCUT2D eigenvalue weighted by molar-refractivity contribution is 6.42. The van der Waals surface area contributed by atoms with Gasteiger partial charge in [0.25, 0.3) is 0 Å². The van der Waals surface area contributed by atoms with Crippen LogP contribution >= 0.6 is 23.2 Å². The summed E-state index contributed by atoms with van der Waals surface area (Å²) in [6, 6.07) is 3.12. The summed E-state index contributed by atoms with van der Waals surface area (Å²) in [5.74, 6) is 0.255. The van der Waals surface area contributed by atoms with Crippen LogP contribution in [0.2, 0.25) is 10.0 Å². The first-order valence-corrected chi connectivity index (χ1v) is 8.12. The van der Waals surface area contributed by atoms with Gasteiger partial charge in [0, 0.05) is 32.1 Å². The van der Waals surface area contributed by atoms with Crippen LogP contribution in [-0.4, -0.2) is 31.3 Å². The van der Waals surface area contributed by atoms with Crippen LogP contribution in [0.1, 0.15) is 33.1 Å². The molecule has 0 saturated heterocycles. The van der Waals surface area contributed by atoms with Crippen molar-refractivity contribution in [2.24, 2.45) is 4.99 Å². The van der Waals surface area contributed by atoms with Gasteiger partial charge in [-0.3, -0.25) is 4.99 Å². The summed E-state index contributed by atoms with van der Waals surface area (Å²) >= 11 is 11.8. The standard InChI is InChI=1S/C12H11Cl2F3N2.C4H8O/c1-19-3-2-7(6-12(15,16)17)18-10-4-8(13)9(14)5-11(10)19;1-3-4(2)5/h4-5H,2-3,6H2,1H3;3H2,1-2H3. The number of nitrogens with zero attached hydrogens (tertiary/aromatic N) is 2. The largest absolute Gasteiger partial charge is 0.394 e. The zero-order valence-corrected chi connectivity index (χ0v) is 15.2. The summed E-state index contributed by atoms with van der Waals surface area (Å²) in [4.78, 5) is 15.7. The van der Waals surface area contributed by atoms with Gasteiger partial charge in [-0.15, -0.1) is 0 Å². The van der Waals surface area contributed by atoms with Crippen molar-refractivity contribution < 1.29 is 18.0 Å². The van der Waals surface area contributed by atoms with E-state index in [1.54, 1.807) is 20.0 Å². The first-order valence-electron chi connectivity index (χ1n) is 7.36. The number of aliphatic imine (C=N–C) groups is 1. The molecule has 0 fully saturated rings. The van der Waals surface area contributed by atoms with Crippen molar-refractivity contribution in [1.82, 2.24) is 0 Å². The number of alkyl halides is 3. The van der Waals surface area contributed by atoms with Crippen LogP contribution in [0.25, 0.3) is 0 Å². The molecule has 0 bridgehead atoms. The predicted octanol–water partition coefficient (Wildman–Crippen LogP) is 5.84. The van der Waals surface area contributed by atoms with Gasteiger partial charge in [0.2, 0.25) is 0 Å². The van der Waals surface area contributed by atoms with E-state index in [-0.39, 0.29) is 22.9 Å². The second kappa shape index (κ2) is 8.72. The van der Waals surface area contributed by atoms with Crippen molar-refractivity contribution >= 4 is 46.1 Å². The molecule has 1 aliphatic rings. The van der Waals surface area contributed by atoms with Crippen LogP contribution in [-0.2, 0) is 4.79 Å². The second-order valence-electron chi connectivity index (χ2n) is 5.45. The highest BCUT2D eigenvalue weighted by atomic mass is 35.5. The predicted molar refractivity (Wildman–Crippen MR) is 93.1 cm³/mol. The molecule has 0 N–H and O–H groups in total. The molecule has 0 aliphatic carbocycles. The van der Waals surface area contributed by atoms with Crippen molar-refractivity contribution in [2.45, 2.75) is 39.3 Å². The van der Waals surface area contributed by atoms with Crippen LogP contribution in [0.15, 0.2) is 17.1 Å². The Kier molecular flexibility index (Phi) is 7.55. The summed E-state index contributed by atoms with van der Waals surface area (Å²) in [6.07, 6.45) is -4.32. The molecule has 1 aromatic rings. The highest BCUT2D eigenvalue weighted by Gasteiger charge is 2.30. The van der Waals surface area contributed by atoms with E-state index >= 15 is 0 Å². The monoisotopic (exact) mass is 382 g/mol.